The number of carbonyl (C=O) groups is 2. The normalized spacial score (nSPS) is 22.3. The number of hydrogen-bond acceptors (Lipinski definition) is 5. The highest BCUT2D eigenvalue weighted by Crippen LogP contribution is 2.40. The van der Waals surface area contributed by atoms with E-state index in [4.69, 9.17) is 21.1 Å². The Bertz CT molecular complexity index is 1050. The summed E-state index contributed by atoms with van der Waals surface area (Å²) in [5.41, 5.74) is 2.13. The van der Waals surface area contributed by atoms with Gasteiger partial charge in [-0.2, -0.15) is 0 Å². The molecule has 0 aromatic heterocycles. The van der Waals surface area contributed by atoms with Gasteiger partial charge in [0.1, 0.15) is 17.6 Å². The number of carbonyl (C=O) groups excluding carboxylic acids is 2. The quantitative estimate of drug-likeness (QED) is 0.447. The molecule has 0 unspecified atom stereocenters. The zero-order valence-corrected chi connectivity index (χ0v) is 17.5. The van der Waals surface area contributed by atoms with E-state index in [-0.39, 0.29) is 30.6 Å². The van der Waals surface area contributed by atoms with Crippen LogP contribution >= 0.6 is 11.6 Å². The Morgan fingerprint density at radius 3 is 2.80 bits per heavy atom. The van der Waals surface area contributed by atoms with Crippen molar-refractivity contribution in [1.29, 1.82) is 0 Å². The highest BCUT2D eigenvalue weighted by Gasteiger charge is 2.46. The fraction of sp³-hybridized carbons (Fsp3) is 0.304. The fourth-order valence-electron chi connectivity index (χ4n) is 4.05. The first kappa shape index (κ1) is 20.4. The number of benzene rings is 2. The number of hydrogen-bond donors (Lipinski definition) is 1. The molecule has 6 nitrogen and oxygen atoms in total. The lowest BCUT2D eigenvalue weighted by molar-refractivity contribution is -0.140. The molecule has 7 heteroatoms. The van der Waals surface area contributed by atoms with Crippen LogP contribution in [0.25, 0.3) is 5.76 Å². The van der Waals surface area contributed by atoms with Crippen LogP contribution in [-0.2, 0) is 20.7 Å². The lowest BCUT2D eigenvalue weighted by Crippen LogP contribution is -2.32. The van der Waals surface area contributed by atoms with Gasteiger partial charge in [0.2, 0.25) is 0 Å². The van der Waals surface area contributed by atoms with Crippen LogP contribution in [-0.4, -0.2) is 48.1 Å². The van der Waals surface area contributed by atoms with Crippen molar-refractivity contribution in [2.75, 3.05) is 20.3 Å². The van der Waals surface area contributed by atoms with Crippen LogP contribution in [0.2, 0.25) is 5.02 Å². The number of Topliss-reactive ketones (excluding diaryl/α,β-unsaturated/α-hetero) is 1. The summed E-state index contributed by atoms with van der Waals surface area (Å²) in [5, 5.41) is 11.6. The predicted molar refractivity (Wildman–Crippen MR) is 113 cm³/mol. The second-order valence-electron chi connectivity index (χ2n) is 7.50. The Balaban J connectivity index is 1.83. The number of nitrogens with zero attached hydrogens (tertiary/aromatic N) is 1. The lowest BCUT2D eigenvalue weighted by Gasteiger charge is -2.25. The van der Waals surface area contributed by atoms with Crippen molar-refractivity contribution in [2.24, 2.45) is 0 Å². The van der Waals surface area contributed by atoms with E-state index in [0.29, 0.717) is 16.1 Å². The molecule has 1 amide bonds. The summed E-state index contributed by atoms with van der Waals surface area (Å²) in [6.07, 6.45) is 0.777. The molecular weight excluding hydrogens is 406 g/mol. The van der Waals surface area contributed by atoms with E-state index in [9.17, 15) is 14.7 Å². The fourth-order valence-corrected chi connectivity index (χ4v) is 4.25. The summed E-state index contributed by atoms with van der Waals surface area (Å²) in [6.45, 7) is 2.45. The van der Waals surface area contributed by atoms with Gasteiger partial charge in [-0.1, -0.05) is 23.7 Å². The van der Waals surface area contributed by atoms with E-state index in [1.807, 2.05) is 13.0 Å². The summed E-state index contributed by atoms with van der Waals surface area (Å²) >= 11 is 6.16. The number of aliphatic hydroxyl groups excluding tert-OH is 1. The van der Waals surface area contributed by atoms with Gasteiger partial charge in [0, 0.05) is 30.7 Å². The monoisotopic (exact) mass is 427 g/mol. The molecule has 156 valence electrons. The van der Waals surface area contributed by atoms with Crippen LogP contribution in [0.15, 0.2) is 48.0 Å². The van der Waals surface area contributed by atoms with Crippen molar-refractivity contribution in [3.8, 4) is 5.75 Å². The highest BCUT2D eigenvalue weighted by atomic mass is 35.5. The maximum atomic E-state index is 12.9. The molecule has 0 radical (unpaired) electrons. The van der Waals surface area contributed by atoms with Gasteiger partial charge in [-0.15, -0.1) is 0 Å². The van der Waals surface area contributed by atoms with Crippen LogP contribution in [0, 0.1) is 0 Å². The molecule has 2 aliphatic heterocycles. The van der Waals surface area contributed by atoms with Crippen molar-refractivity contribution >= 4 is 29.1 Å². The zero-order valence-electron chi connectivity index (χ0n) is 16.7. The number of rotatable bonds is 5. The van der Waals surface area contributed by atoms with Gasteiger partial charge in [0.15, 0.2) is 0 Å². The van der Waals surface area contributed by atoms with Gasteiger partial charge in [0.05, 0.1) is 18.2 Å². The number of ketones is 1. The van der Waals surface area contributed by atoms with E-state index >= 15 is 0 Å². The third-order valence-corrected chi connectivity index (χ3v) is 5.65. The first-order chi connectivity index (χ1) is 14.4. The zero-order chi connectivity index (χ0) is 21.4. The minimum absolute atomic E-state index is 0.0466. The van der Waals surface area contributed by atoms with Crippen molar-refractivity contribution in [3.05, 3.63) is 69.8 Å². The Hall–Kier alpha value is -2.83. The summed E-state index contributed by atoms with van der Waals surface area (Å²) in [5.74, 6) is -0.832. The largest absolute Gasteiger partial charge is 0.507 e. The standard InChI is InChI=1S/C23H22ClNO5/c1-13-10-16-11-15(6-7-18(16)30-13)21(26)19-20(14-4-3-5-17(24)12-14)25(8-9-29-2)23(28)22(19)27/h3-7,11-13,20,26H,8-10H2,1-2H3/b21-19+/t13-,20-/m0/s1. The van der Waals surface area contributed by atoms with Crippen LogP contribution in [0.5, 0.6) is 5.75 Å². The lowest BCUT2D eigenvalue weighted by atomic mass is 9.94. The number of methoxy groups -OCH3 is 1. The molecular formula is C23H22ClNO5. The summed E-state index contributed by atoms with van der Waals surface area (Å²) in [6, 6.07) is 11.5. The second kappa shape index (κ2) is 8.13. The van der Waals surface area contributed by atoms with Crippen LogP contribution in [0.4, 0.5) is 0 Å². The van der Waals surface area contributed by atoms with Crippen molar-refractivity contribution in [3.63, 3.8) is 0 Å². The van der Waals surface area contributed by atoms with E-state index in [1.165, 1.54) is 12.0 Å². The Morgan fingerprint density at radius 1 is 1.27 bits per heavy atom. The van der Waals surface area contributed by atoms with Gasteiger partial charge >= 0.3 is 0 Å². The molecule has 2 heterocycles. The maximum Gasteiger partial charge on any atom is 0.295 e. The first-order valence-corrected chi connectivity index (χ1v) is 10.1. The third kappa shape index (κ3) is 3.57. The maximum absolute atomic E-state index is 12.9. The molecule has 0 bridgehead atoms. The average molecular weight is 428 g/mol. The molecule has 2 atom stereocenters. The minimum atomic E-state index is -0.748. The molecule has 1 saturated heterocycles. The van der Waals surface area contributed by atoms with Gasteiger partial charge in [-0.25, -0.2) is 0 Å². The molecule has 30 heavy (non-hydrogen) atoms. The number of ether oxygens (including phenoxy) is 2. The number of fused-ring (bicyclic) bond motifs is 1. The van der Waals surface area contributed by atoms with Crippen LogP contribution < -0.4 is 4.74 Å². The third-order valence-electron chi connectivity index (χ3n) is 5.41. The molecule has 0 saturated carbocycles. The molecule has 2 aromatic carbocycles. The molecule has 0 spiro atoms. The minimum Gasteiger partial charge on any atom is -0.507 e. The number of likely N-dealkylation sites (tertiary alicyclic amines) is 1. The molecule has 0 aliphatic carbocycles. The van der Waals surface area contributed by atoms with Crippen molar-refractivity contribution in [1.82, 2.24) is 4.90 Å². The number of aliphatic hydroxyl groups is 1. The second-order valence-corrected chi connectivity index (χ2v) is 7.93. The van der Waals surface area contributed by atoms with Gasteiger partial charge in [-0.05, 0) is 48.4 Å². The predicted octanol–water partition coefficient (Wildman–Crippen LogP) is 3.73. The van der Waals surface area contributed by atoms with Gasteiger partial charge in [0.25, 0.3) is 11.7 Å². The Kier molecular flexibility index (Phi) is 5.54. The number of amides is 1. The van der Waals surface area contributed by atoms with Crippen molar-refractivity contribution < 1.29 is 24.2 Å². The molecule has 4 rings (SSSR count). The van der Waals surface area contributed by atoms with E-state index < -0.39 is 17.7 Å². The molecule has 1 N–H and O–H groups in total. The van der Waals surface area contributed by atoms with E-state index in [2.05, 4.69) is 0 Å². The molecule has 1 fully saturated rings. The summed E-state index contributed by atoms with van der Waals surface area (Å²) in [4.78, 5) is 27.1. The van der Waals surface area contributed by atoms with Crippen LogP contribution in [0.1, 0.15) is 29.7 Å². The Morgan fingerprint density at radius 2 is 2.07 bits per heavy atom. The van der Waals surface area contributed by atoms with Crippen LogP contribution in [0.3, 0.4) is 0 Å². The first-order valence-electron chi connectivity index (χ1n) is 9.73. The molecule has 2 aromatic rings. The topological polar surface area (TPSA) is 76.1 Å². The average Bonchev–Trinajstić information content (AvgIpc) is 3.22. The van der Waals surface area contributed by atoms with Gasteiger partial charge < -0.3 is 19.5 Å². The summed E-state index contributed by atoms with van der Waals surface area (Å²) in [7, 11) is 1.53. The molecule has 2 aliphatic rings. The van der Waals surface area contributed by atoms with Crippen molar-refractivity contribution in [2.45, 2.75) is 25.5 Å². The number of halogens is 1. The SMILES string of the molecule is COCCN1C(=O)C(=O)/C(=C(/O)c2ccc3c(c2)C[C@H](C)O3)[C@@H]1c1cccc(Cl)c1. The highest BCUT2D eigenvalue weighted by molar-refractivity contribution is 6.46. The summed E-state index contributed by atoms with van der Waals surface area (Å²) < 4.78 is 10.8. The Labute approximate surface area is 179 Å². The smallest absolute Gasteiger partial charge is 0.295 e. The van der Waals surface area contributed by atoms with Gasteiger partial charge in [-0.3, -0.25) is 9.59 Å². The van der Waals surface area contributed by atoms with E-state index in [0.717, 1.165) is 17.7 Å². The van der Waals surface area contributed by atoms with E-state index in [1.54, 1.807) is 36.4 Å².